The zero-order valence-electron chi connectivity index (χ0n) is 12.0. The van der Waals surface area contributed by atoms with Crippen LogP contribution in [0.15, 0.2) is 35.2 Å². The number of nitrogens with zero attached hydrogens (tertiary/aromatic N) is 2. The molecule has 1 aliphatic rings. The molecule has 0 saturated carbocycles. The van der Waals surface area contributed by atoms with Gasteiger partial charge in [0.05, 0.1) is 4.90 Å². The van der Waals surface area contributed by atoms with Crippen molar-refractivity contribution in [3.8, 4) is 0 Å². The van der Waals surface area contributed by atoms with Crippen LogP contribution in [-0.4, -0.2) is 42.8 Å². The van der Waals surface area contributed by atoms with Crippen LogP contribution in [0.3, 0.4) is 0 Å². The van der Waals surface area contributed by atoms with E-state index in [-0.39, 0.29) is 16.7 Å². The third kappa shape index (κ3) is 2.58. The monoisotopic (exact) mass is 296 g/mol. The van der Waals surface area contributed by atoms with Gasteiger partial charge in [0, 0.05) is 20.0 Å². The Bertz CT molecular complexity index is 584. The average molecular weight is 296 g/mol. The summed E-state index contributed by atoms with van der Waals surface area (Å²) in [7, 11) is -3.56. The highest BCUT2D eigenvalue weighted by Gasteiger charge is 2.42. The maximum absolute atomic E-state index is 12.7. The van der Waals surface area contributed by atoms with E-state index in [1.54, 1.807) is 35.2 Å². The highest BCUT2D eigenvalue weighted by molar-refractivity contribution is 7.89. The highest BCUT2D eigenvalue weighted by Crippen LogP contribution is 2.28. The fourth-order valence-corrected chi connectivity index (χ4v) is 4.39. The van der Waals surface area contributed by atoms with Crippen molar-refractivity contribution < 1.29 is 13.2 Å². The molecule has 0 bridgehead atoms. The maximum Gasteiger partial charge on any atom is 0.244 e. The second-order valence-corrected chi connectivity index (χ2v) is 7.19. The summed E-state index contributed by atoms with van der Waals surface area (Å²) < 4.78 is 26.8. The van der Waals surface area contributed by atoms with Gasteiger partial charge in [-0.25, -0.2) is 8.42 Å². The minimum Gasteiger partial charge on any atom is -0.325 e. The normalized spacial score (nSPS) is 20.6. The van der Waals surface area contributed by atoms with E-state index in [0.717, 1.165) is 0 Å². The minimum atomic E-state index is -3.56. The molecule has 2 rings (SSSR count). The number of rotatable bonds is 3. The van der Waals surface area contributed by atoms with Gasteiger partial charge in [-0.15, -0.1) is 0 Å². The Hall–Kier alpha value is -1.40. The predicted octanol–water partition coefficient (Wildman–Crippen LogP) is 1.52. The molecule has 1 aromatic rings. The first-order valence-corrected chi connectivity index (χ1v) is 8.14. The van der Waals surface area contributed by atoms with Gasteiger partial charge < -0.3 is 4.90 Å². The lowest BCUT2D eigenvalue weighted by Crippen LogP contribution is -2.46. The van der Waals surface area contributed by atoms with Crippen molar-refractivity contribution in [2.45, 2.75) is 31.8 Å². The Morgan fingerprint density at radius 3 is 2.30 bits per heavy atom. The van der Waals surface area contributed by atoms with Gasteiger partial charge in [0.2, 0.25) is 15.9 Å². The van der Waals surface area contributed by atoms with Crippen LogP contribution in [0.2, 0.25) is 0 Å². The molecule has 5 nitrogen and oxygen atoms in total. The van der Waals surface area contributed by atoms with Crippen LogP contribution in [0, 0.1) is 5.92 Å². The molecule has 0 N–H and O–H groups in total. The zero-order valence-corrected chi connectivity index (χ0v) is 12.8. The summed E-state index contributed by atoms with van der Waals surface area (Å²) in [4.78, 5) is 13.6. The van der Waals surface area contributed by atoms with E-state index in [0.29, 0.717) is 13.1 Å². The van der Waals surface area contributed by atoms with Crippen LogP contribution in [0.4, 0.5) is 0 Å². The van der Waals surface area contributed by atoms with Gasteiger partial charge in [-0.3, -0.25) is 4.79 Å². The number of carbonyl (C=O) groups is 1. The highest BCUT2D eigenvalue weighted by atomic mass is 32.2. The zero-order chi connectivity index (χ0) is 14.9. The lowest BCUT2D eigenvalue weighted by molar-refractivity contribution is -0.131. The number of amides is 1. The van der Waals surface area contributed by atoms with E-state index in [1.165, 1.54) is 11.2 Å². The summed E-state index contributed by atoms with van der Waals surface area (Å²) >= 11 is 0. The van der Waals surface area contributed by atoms with Gasteiger partial charge in [0.25, 0.3) is 0 Å². The summed E-state index contributed by atoms with van der Waals surface area (Å²) in [6.45, 7) is 6.14. The molecule has 0 radical (unpaired) electrons. The summed E-state index contributed by atoms with van der Waals surface area (Å²) in [6.07, 6.45) is -0.405. The van der Waals surface area contributed by atoms with Crippen molar-refractivity contribution >= 4 is 15.9 Å². The van der Waals surface area contributed by atoms with Crippen molar-refractivity contribution in [2.75, 3.05) is 13.1 Å². The number of carbonyl (C=O) groups excluding carboxylic acids is 1. The van der Waals surface area contributed by atoms with Crippen molar-refractivity contribution in [1.82, 2.24) is 9.21 Å². The van der Waals surface area contributed by atoms with Crippen molar-refractivity contribution in [2.24, 2.45) is 5.92 Å². The number of benzene rings is 1. The topological polar surface area (TPSA) is 57.7 Å². The predicted molar refractivity (Wildman–Crippen MR) is 76.3 cm³/mol. The molecule has 0 aromatic heterocycles. The van der Waals surface area contributed by atoms with Crippen molar-refractivity contribution in [3.05, 3.63) is 30.3 Å². The molecule has 1 saturated heterocycles. The van der Waals surface area contributed by atoms with E-state index in [9.17, 15) is 13.2 Å². The Labute approximate surface area is 120 Å². The van der Waals surface area contributed by atoms with Gasteiger partial charge in [0.1, 0.15) is 6.17 Å². The molecule has 1 aliphatic heterocycles. The van der Waals surface area contributed by atoms with Crippen LogP contribution < -0.4 is 0 Å². The Balaban J connectivity index is 2.39. The number of hydrogen-bond acceptors (Lipinski definition) is 3. The van der Waals surface area contributed by atoms with Crippen LogP contribution in [0.5, 0.6) is 0 Å². The first-order chi connectivity index (χ1) is 9.35. The fraction of sp³-hybridized carbons (Fsp3) is 0.500. The molecule has 6 heteroatoms. The maximum atomic E-state index is 12.7. The lowest BCUT2D eigenvalue weighted by atomic mass is 10.1. The third-order valence-electron chi connectivity index (χ3n) is 3.53. The first-order valence-electron chi connectivity index (χ1n) is 6.70. The summed E-state index contributed by atoms with van der Waals surface area (Å²) in [5, 5.41) is 0. The Kier molecular flexibility index (Phi) is 4.15. The van der Waals surface area contributed by atoms with E-state index in [4.69, 9.17) is 0 Å². The molecular formula is C14H20N2O3S. The molecule has 0 aliphatic carbocycles. The van der Waals surface area contributed by atoms with Gasteiger partial charge in [-0.2, -0.15) is 4.31 Å². The van der Waals surface area contributed by atoms with Gasteiger partial charge >= 0.3 is 0 Å². The molecule has 1 heterocycles. The summed E-state index contributed by atoms with van der Waals surface area (Å²) in [5.74, 6) is -0.0469. The second kappa shape index (κ2) is 5.54. The number of sulfonamides is 1. The van der Waals surface area contributed by atoms with Crippen LogP contribution in [-0.2, 0) is 14.8 Å². The van der Waals surface area contributed by atoms with Crippen molar-refractivity contribution in [3.63, 3.8) is 0 Å². The van der Waals surface area contributed by atoms with E-state index < -0.39 is 16.2 Å². The van der Waals surface area contributed by atoms with E-state index in [2.05, 4.69) is 0 Å². The van der Waals surface area contributed by atoms with Gasteiger partial charge in [-0.05, 0) is 18.1 Å². The SMILES string of the molecule is CC(=O)N1CCN(S(=O)(=O)c2ccccc2)[C@@H]1C(C)C. The van der Waals surface area contributed by atoms with Crippen LogP contribution in [0.25, 0.3) is 0 Å². The molecule has 1 atom stereocenters. The molecule has 110 valence electrons. The van der Waals surface area contributed by atoms with Crippen molar-refractivity contribution in [1.29, 1.82) is 0 Å². The first kappa shape index (κ1) is 15.0. The Morgan fingerprint density at radius 1 is 1.20 bits per heavy atom. The quantitative estimate of drug-likeness (QED) is 0.850. The van der Waals surface area contributed by atoms with E-state index in [1.807, 2.05) is 13.8 Å². The standard InChI is InChI=1S/C14H20N2O3S/c1-11(2)14-15(12(3)17)9-10-16(14)20(18,19)13-7-5-4-6-8-13/h4-8,11,14H,9-10H2,1-3H3/t14-/m1/s1. The lowest BCUT2D eigenvalue weighted by Gasteiger charge is -2.32. The molecule has 20 heavy (non-hydrogen) atoms. The number of hydrogen-bond donors (Lipinski definition) is 0. The fourth-order valence-electron chi connectivity index (χ4n) is 2.65. The van der Waals surface area contributed by atoms with Gasteiger partial charge in [-0.1, -0.05) is 32.0 Å². The molecular weight excluding hydrogens is 276 g/mol. The van der Waals surface area contributed by atoms with Crippen LogP contribution >= 0.6 is 0 Å². The second-order valence-electron chi connectivity index (χ2n) is 5.30. The molecule has 0 unspecified atom stereocenters. The summed E-state index contributed by atoms with van der Waals surface area (Å²) in [6, 6.07) is 8.36. The van der Waals surface area contributed by atoms with Crippen LogP contribution in [0.1, 0.15) is 20.8 Å². The van der Waals surface area contributed by atoms with E-state index >= 15 is 0 Å². The molecule has 0 spiro atoms. The smallest absolute Gasteiger partial charge is 0.244 e. The Morgan fingerprint density at radius 2 is 1.80 bits per heavy atom. The van der Waals surface area contributed by atoms with Gasteiger partial charge in [0.15, 0.2) is 0 Å². The third-order valence-corrected chi connectivity index (χ3v) is 5.41. The minimum absolute atomic E-state index is 0.0416. The molecule has 1 amide bonds. The largest absolute Gasteiger partial charge is 0.325 e. The summed E-state index contributed by atoms with van der Waals surface area (Å²) in [5.41, 5.74) is 0. The average Bonchev–Trinajstić information content (AvgIpc) is 2.85. The molecule has 1 fully saturated rings. The molecule has 1 aromatic carbocycles.